The summed E-state index contributed by atoms with van der Waals surface area (Å²) in [7, 11) is 0. The monoisotopic (exact) mass is 355 g/mol. The molecule has 0 aliphatic carbocycles. The molecule has 0 aliphatic heterocycles. The van der Waals surface area contributed by atoms with Crippen molar-refractivity contribution in [1.29, 1.82) is 0 Å². The molecule has 6 nitrogen and oxygen atoms in total. The van der Waals surface area contributed by atoms with Crippen LogP contribution in [0.2, 0.25) is 5.02 Å². The van der Waals surface area contributed by atoms with Gasteiger partial charge in [-0.25, -0.2) is 4.98 Å². The molecule has 0 atom stereocenters. The van der Waals surface area contributed by atoms with Crippen LogP contribution in [-0.4, -0.2) is 20.6 Å². The van der Waals surface area contributed by atoms with Crippen LogP contribution < -0.4 is 10.9 Å². The summed E-state index contributed by atoms with van der Waals surface area (Å²) in [5, 5.41) is 12.6. The van der Waals surface area contributed by atoms with Gasteiger partial charge in [0.1, 0.15) is 12.3 Å². The van der Waals surface area contributed by atoms with E-state index in [2.05, 4.69) is 10.3 Å². The van der Waals surface area contributed by atoms with Crippen molar-refractivity contribution in [1.82, 2.24) is 9.55 Å². The molecule has 126 valence electrons. The summed E-state index contributed by atoms with van der Waals surface area (Å²) in [6, 6.07) is 15.0. The normalized spacial score (nSPS) is 10.4. The fraction of sp³-hybridized carbons (Fsp3) is 0.0556. The van der Waals surface area contributed by atoms with Gasteiger partial charge in [0.25, 0.3) is 5.56 Å². The minimum Gasteiger partial charge on any atom is -0.506 e. The van der Waals surface area contributed by atoms with Crippen molar-refractivity contribution in [3.05, 3.63) is 76.3 Å². The minimum absolute atomic E-state index is 0.109. The molecule has 2 aromatic carbocycles. The molecule has 3 aromatic rings. The molecule has 1 amide bonds. The lowest BCUT2D eigenvalue weighted by Gasteiger charge is -2.09. The number of rotatable bonds is 4. The van der Waals surface area contributed by atoms with Crippen molar-refractivity contribution < 1.29 is 9.90 Å². The van der Waals surface area contributed by atoms with Crippen LogP contribution in [0.1, 0.15) is 0 Å². The van der Waals surface area contributed by atoms with Gasteiger partial charge in [-0.1, -0.05) is 41.9 Å². The zero-order chi connectivity index (χ0) is 17.8. The van der Waals surface area contributed by atoms with Gasteiger partial charge in [0.15, 0.2) is 0 Å². The van der Waals surface area contributed by atoms with Crippen molar-refractivity contribution >= 4 is 23.2 Å². The predicted octanol–water partition coefficient (Wildman–Crippen LogP) is 2.91. The van der Waals surface area contributed by atoms with E-state index >= 15 is 0 Å². The largest absolute Gasteiger partial charge is 0.506 e. The summed E-state index contributed by atoms with van der Waals surface area (Å²) in [5.41, 5.74) is 1.19. The maximum absolute atomic E-state index is 12.2. The van der Waals surface area contributed by atoms with Crippen LogP contribution in [0.4, 0.5) is 5.69 Å². The van der Waals surface area contributed by atoms with Crippen LogP contribution in [0.3, 0.4) is 0 Å². The lowest BCUT2D eigenvalue weighted by Crippen LogP contribution is -2.27. The molecule has 0 saturated heterocycles. The van der Waals surface area contributed by atoms with E-state index in [1.807, 2.05) is 30.3 Å². The van der Waals surface area contributed by atoms with Crippen LogP contribution >= 0.6 is 11.6 Å². The number of carbonyl (C=O) groups excluding carboxylic acids is 1. The number of halogens is 1. The first kappa shape index (κ1) is 16.7. The molecule has 1 heterocycles. The third-order valence-electron chi connectivity index (χ3n) is 3.50. The Kier molecular flexibility index (Phi) is 4.81. The van der Waals surface area contributed by atoms with Gasteiger partial charge in [-0.05, 0) is 18.2 Å². The number of nitrogens with zero attached hydrogens (tertiary/aromatic N) is 2. The van der Waals surface area contributed by atoms with Gasteiger partial charge in [0.05, 0.1) is 17.7 Å². The highest BCUT2D eigenvalue weighted by Gasteiger charge is 2.10. The Balaban J connectivity index is 1.76. The number of amides is 1. The molecule has 3 rings (SSSR count). The van der Waals surface area contributed by atoms with E-state index in [1.54, 1.807) is 0 Å². The molecule has 1 aromatic heterocycles. The van der Waals surface area contributed by atoms with Crippen molar-refractivity contribution in [2.45, 2.75) is 6.54 Å². The highest BCUT2D eigenvalue weighted by Crippen LogP contribution is 2.26. The number of aromatic nitrogens is 2. The molecular weight excluding hydrogens is 342 g/mol. The fourth-order valence-corrected chi connectivity index (χ4v) is 2.44. The Bertz CT molecular complexity index is 971. The Morgan fingerprint density at radius 1 is 1.16 bits per heavy atom. The second kappa shape index (κ2) is 7.19. The number of aromatic hydroxyl groups is 1. The molecule has 0 fully saturated rings. The first-order chi connectivity index (χ1) is 12.0. The van der Waals surface area contributed by atoms with Gasteiger partial charge in [0, 0.05) is 16.7 Å². The van der Waals surface area contributed by atoms with Crippen LogP contribution in [0, 0.1) is 0 Å². The molecule has 0 aliphatic rings. The van der Waals surface area contributed by atoms with E-state index in [-0.39, 0.29) is 23.5 Å². The number of carbonyl (C=O) groups is 1. The molecule has 0 spiro atoms. The fourth-order valence-electron chi connectivity index (χ4n) is 2.26. The molecular formula is C18H14ClN3O3. The number of hydrogen-bond donors (Lipinski definition) is 2. The Labute approximate surface area is 148 Å². The highest BCUT2D eigenvalue weighted by molar-refractivity contribution is 6.31. The summed E-state index contributed by atoms with van der Waals surface area (Å²) < 4.78 is 1.18. The van der Waals surface area contributed by atoms with Crippen LogP contribution in [-0.2, 0) is 11.3 Å². The first-order valence-corrected chi connectivity index (χ1v) is 7.81. The molecule has 25 heavy (non-hydrogen) atoms. The number of hydrogen-bond acceptors (Lipinski definition) is 4. The summed E-state index contributed by atoms with van der Waals surface area (Å²) in [6.45, 7) is -0.229. The molecule has 2 N–H and O–H groups in total. The number of phenols is 1. The Morgan fingerprint density at radius 3 is 2.64 bits per heavy atom. The molecule has 0 saturated carbocycles. The van der Waals surface area contributed by atoms with E-state index in [0.29, 0.717) is 10.7 Å². The number of nitrogens with one attached hydrogen (secondary N) is 1. The quantitative estimate of drug-likeness (QED) is 0.705. The Hall–Kier alpha value is -3.12. The second-order valence-corrected chi connectivity index (χ2v) is 5.75. The molecule has 0 bridgehead atoms. The van der Waals surface area contributed by atoms with Crippen LogP contribution in [0.5, 0.6) is 5.75 Å². The average Bonchev–Trinajstić information content (AvgIpc) is 2.60. The zero-order valence-corrected chi connectivity index (χ0v) is 13.8. The van der Waals surface area contributed by atoms with Crippen LogP contribution in [0.25, 0.3) is 11.3 Å². The number of anilines is 1. The average molecular weight is 356 g/mol. The number of benzene rings is 2. The van der Waals surface area contributed by atoms with E-state index in [0.717, 1.165) is 5.56 Å². The lowest BCUT2D eigenvalue weighted by molar-refractivity contribution is -0.116. The third kappa shape index (κ3) is 4.05. The zero-order valence-electron chi connectivity index (χ0n) is 13.0. The van der Waals surface area contributed by atoms with E-state index < -0.39 is 5.91 Å². The van der Waals surface area contributed by atoms with Crippen molar-refractivity contribution in [3.8, 4) is 17.0 Å². The summed E-state index contributed by atoms with van der Waals surface area (Å²) in [5.74, 6) is -0.587. The number of phenolic OH excluding ortho intramolecular Hbond substituents is 1. The topological polar surface area (TPSA) is 84.2 Å². The maximum Gasteiger partial charge on any atom is 0.254 e. The van der Waals surface area contributed by atoms with Gasteiger partial charge in [-0.3, -0.25) is 14.2 Å². The molecule has 7 heteroatoms. The third-order valence-corrected chi connectivity index (χ3v) is 3.73. The Morgan fingerprint density at radius 2 is 1.92 bits per heavy atom. The first-order valence-electron chi connectivity index (χ1n) is 7.43. The highest BCUT2D eigenvalue weighted by atomic mass is 35.5. The SMILES string of the molecule is O=C(Cn1cnc(-c2ccccc2)cc1=O)Nc1cc(Cl)ccc1O. The summed E-state index contributed by atoms with van der Waals surface area (Å²) in [6.07, 6.45) is 1.32. The van der Waals surface area contributed by atoms with E-state index in [1.165, 1.54) is 35.2 Å². The van der Waals surface area contributed by atoms with Gasteiger partial charge in [0.2, 0.25) is 5.91 Å². The standard InChI is InChI=1S/C18H14ClN3O3/c19-13-6-7-16(23)15(8-13)21-17(24)10-22-11-20-14(9-18(22)25)12-4-2-1-3-5-12/h1-9,11,23H,10H2,(H,21,24). The van der Waals surface area contributed by atoms with Crippen LogP contribution in [0.15, 0.2) is 65.7 Å². The maximum atomic E-state index is 12.2. The second-order valence-electron chi connectivity index (χ2n) is 5.32. The summed E-state index contributed by atoms with van der Waals surface area (Å²) >= 11 is 5.83. The molecule has 0 radical (unpaired) electrons. The van der Waals surface area contributed by atoms with Gasteiger partial charge in [-0.2, -0.15) is 0 Å². The van der Waals surface area contributed by atoms with Crippen molar-refractivity contribution in [3.63, 3.8) is 0 Å². The van der Waals surface area contributed by atoms with Crippen molar-refractivity contribution in [2.75, 3.05) is 5.32 Å². The summed E-state index contributed by atoms with van der Waals surface area (Å²) in [4.78, 5) is 28.5. The van der Waals surface area contributed by atoms with E-state index in [4.69, 9.17) is 11.6 Å². The smallest absolute Gasteiger partial charge is 0.254 e. The minimum atomic E-state index is -0.478. The van der Waals surface area contributed by atoms with Gasteiger partial charge in [-0.15, -0.1) is 0 Å². The van der Waals surface area contributed by atoms with Gasteiger partial charge < -0.3 is 10.4 Å². The molecule has 0 unspecified atom stereocenters. The van der Waals surface area contributed by atoms with Crippen molar-refractivity contribution in [2.24, 2.45) is 0 Å². The lowest BCUT2D eigenvalue weighted by atomic mass is 10.1. The predicted molar refractivity (Wildman–Crippen MR) is 95.7 cm³/mol. The van der Waals surface area contributed by atoms with E-state index in [9.17, 15) is 14.7 Å². The van der Waals surface area contributed by atoms with Gasteiger partial charge >= 0.3 is 0 Å².